The second kappa shape index (κ2) is 7.67. The summed E-state index contributed by atoms with van der Waals surface area (Å²) < 4.78 is 0. The van der Waals surface area contributed by atoms with E-state index in [9.17, 15) is 14.9 Å². The van der Waals surface area contributed by atoms with Crippen LogP contribution in [0.15, 0.2) is 58.3 Å². The zero-order valence-corrected chi connectivity index (χ0v) is 14.4. The van der Waals surface area contributed by atoms with Crippen LogP contribution in [0.3, 0.4) is 0 Å². The largest absolute Gasteiger partial charge is 0.348 e. The molecule has 1 aliphatic rings. The average molecular weight is 357 g/mol. The van der Waals surface area contributed by atoms with Crippen molar-refractivity contribution in [2.75, 3.05) is 6.54 Å². The van der Waals surface area contributed by atoms with Crippen molar-refractivity contribution in [2.24, 2.45) is 11.7 Å². The van der Waals surface area contributed by atoms with Crippen LogP contribution in [0.2, 0.25) is 0 Å². The lowest BCUT2D eigenvalue weighted by molar-refractivity contribution is -0.384. The molecule has 1 saturated carbocycles. The van der Waals surface area contributed by atoms with Crippen molar-refractivity contribution in [3.63, 3.8) is 0 Å². The standard InChI is InChI=1S/C18H19N3O3S/c19-11-16(12-6-7-12)20-18(22)15-10-13(21(23)24)8-9-17(15)25-14-4-2-1-3-5-14/h1-5,8-10,12,16H,6-7,11,19H2,(H,20,22). The van der Waals surface area contributed by atoms with E-state index in [1.54, 1.807) is 6.07 Å². The highest BCUT2D eigenvalue weighted by atomic mass is 32.2. The van der Waals surface area contributed by atoms with Gasteiger partial charge >= 0.3 is 0 Å². The molecule has 0 aliphatic heterocycles. The Morgan fingerprint density at radius 1 is 1.28 bits per heavy atom. The van der Waals surface area contributed by atoms with E-state index in [-0.39, 0.29) is 17.6 Å². The fourth-order valence-corrected chi connectivity index (χ4v) is 3.57. The Bertz CT molecular complexity index is 778. The van der Waals surface area contributed by atoms with Crippen LogP contribution in [0, 0.1) is 16.0 Å². The first-order chi connectivity index (χ1) is 12.1. The summed E-state index contributed by atoms with van der Waals surface area (Å²) in [6.45, 7) is 0.368. The maximum absolute atomic E-state index is 12.7. The van der Waals surface area contributed by atoms with E-state index >= 15 is 0 Å². The predicted molar refractivity (Wildman–Crippen MR) is 96.7 cm³/mol. The molecule has 6 nitrogen and oxygen atoms in total. The van der Waals surface area contributed by atoms with Crippen LogP contribution in [0.1, 0.15) is 23.2 Å². The number of hydrogen-bond acceptors (Lipinski definition) is 5. The van der Waals surface area contributed by atoms with Crippen molar-refractivity contribution >= 4 is 23.4 Å². The zero-order chi connectivity index (χ0) is 17.8. The molecule has 0 heterocycles. The summed E-state index contributed by atoms with van der Waals surface area (Å²) in [4.78, 5) is 25.0. The van der Waals surface area contributed by atoms with Gasteiger partial charge in [-0.25, -0.2) is 0 Å². The first kappa shape index (κ1) is 17.4. The van der Waals surface area contributed by atoms with Gasteiger partial charge in [0.15, 0.2) is 0 Å². The number of nitrogens with zero attached hydrogens (tertiary/aromatic N) is 1. The Balaban J connectivity index is 1.89. The second-order valence-electron chi connectivity index (χ2n) is 6.01. The van der Waals surface area contributed by atoms with Crippen LogP contribution in [-0.2, 0) is 0 Å². The molecule has 130 valence electrons. The van der Waals surface area contributed by atoms with E-state index in [0.29, 0.717) is 22.9 Å². The number of non-ortho nitro benzene ring substituents is 1. The summed E-state index contributed by atoms with van der Waals surface area (Å²) in [5.74, 6) is 0.0994. The first-order valence-corrected chi connectivity index (χ1v) is 8.92. The number of nitro groups is 1. The smallest absolute Gasteiger partial charge is 0.270 e. The molecule has 2 aromatic rings. The normalized spacial score (nSPS) is 14.8. The minimum atomic E-state index is -0.491. The van der Waals surface area contributed by atoms with Crippen molar-refractivity contribution in [2.45, 2.75) is 28.7 Å². The molecular weight excluding hydrogens is 338 g/mol. The monoisotopic (exact) mass is 357 g/mol. The van der Waals surface area contributed by atoms with Crippen LogP contribution < -0.4 is 11.1 Å². The van der Waals surface area contributed by atoms with E-state index in [2.05, 4.69) is 5.32 Å². The molecule has 1 atom stereocenters. The number of benzene rings is 2. The van der Waals surface area contributed by atoms with Crippen molar-refractivity contribution < 1.29 is 9.72 Å². The van der Waals surface area contributed by atoms with Gasteiger partial charge in [0.25, 0.3) is 11.6 Å². The van der Waals surface area contributed by atoms with E-state index in [1.165, 1.54) is 23.9 Å². The summed E-state index contributed by atoms with van der Waals surface area (Å²) in [6.07, 6.45) is 2.12. The Labute approximate surface area is 149 Å². The molecule has 1 aliphatic carbocycles. The van der Waals surface area contributed by atoms with Gasteiger partial charge in [-0.1, -0.05) is 30.0 Å². The third kappa shape index (κ3) is 4.37. The quantitative estimate of drug-likeness (QED) is 0.586. The highest BCUT2D eigenvalue weighted by Gasteiger charge is 2.32. The predicted octanol–water partition coefficient (Wildman–Crippen LogP) is 3.21. The molecule has 1 unspecified atom stereocenters. The fraction of sp³-hybridized carbons (Fsp3) is 0.278. The van der Waals surface area contributed by atoms with Crippen molar-refractivity contribution in [3.05, 3.63) is 64.2 Å². The molecule has 0 spiro atoms. The van der Waals surface area contributed by atoms with Gasteiger partial charge < -0.3 is 11.1 Å². The topological polar surface area (TPSA) is 98.3 Å². The number of carbonyl (C=O) groups is 1. The number of nitro benzene ring substituents is 1. The molecule has 3 N–H and O–H groups in total. The number of nitrogens with two attached hydrogens (primary N) is 1. The highest BCUT2D eigenvalue weighted by Crippen LogP contribution is 2.34. The summed E-state index contributed by atoms with van der Waals surface area (Å²) in [7, 11) is 0. The number of rotatable bonds is 7. The van der Waals surface area contributed by atoms with Gasteiger partial charge in [0.2, 0.25) is 0 Å². The minimum Gasteiger partial charge on any atom is -0.348 e. The lowest BCUT2D eigenvalue weighted by Crippen LogP contribution is -2.41. The number of amides is 1. The Kier molecular flexibility index (Phi) is 5.35. The molecule has 1 fully saturated rings. The molecule has 0 saturated heterocycles. The van der Waals surface area contributed by atoms with Crippen LogP contribution in [0.25, 0.3) is 0 Å². The number of carbonyl (C=O) groups excluding carboxylic acids is 1. The average Bonchev–Trinajstić information content (AvgIpc) is 3.45. The Hall–Kier alpha value is -2.38. The molecule has 7 heteroatoms. The summed E-state index contributed by atoms with van der Waals surface area (Å²) in [6, 6.07) is 13.9. The van der Waals surface area contributed by atoms with Gasteiger partial charge in [0, 0.05) is 34.5 Å². The maximum atomic E-state index is 12.7. The summed E-state index contributed by atoms with van der Waals surface area (Å²) in [5, 5.41) is 14.0. The van der Waals surface area contributed by atoms with Gasteiger partial charge in [0.05, 0.1) is 10.5 Å². The van der Waals surface area contributed by atoms with Crippen LogP contribution in [0.4, 0.5) is 5.69 Å². The van der Waals surface area contributed by atoms with Crippen molar-refractivity contribution in [3.8, 4) is 0 Å². The lowest BCUT2D eigenvalue weighted by atomic mass is 10.1. The molecule has 2 aromatic carbocycles. The Morgan fingerprint density at radius 3 is 2.60 bits per heavy atom. The van der Waals surface area contributed by atoms with E-state index in [0.717, 1.165) is 17.7 Å². The zero-order valence-electron chi connectivity index (χ0n) is 13.6. The molecule has 0 aromatic heterocycles. The second-order valence-corrected chi connectivity index (χ2v) is 7.12. The maximum Gasteiger partial charge on any atom is 0.270 e. The van der Waals surface area contributed by atoms with Gasteiger partial charge in [-0.3, -0.25) is 14.9 Å². The van der Waals surface area contributed by atoms with E-state index in [1.807, 2.05) is 30.3 Å². The Morgan fingerprint density at radius 2 is 2.00 bits per heavy atom. The molecule has 0 radical (unpaired) electrons. The molecule has 25 heavy (non-hydrogen) atoms. The molecular formula is C18H19N3O3S. The lowest BCUT2D eigenvalue weighted by Gasteiger charge is -2.17. The van der Waals surface area contributed by atoms with Crippen LogP contribution >= 0.6 is 11.8 Å². The number of hydrogen-bond donors (Lipinski definition) is 2. The van der Waals surface area contributed by atoms with Crippen molar-refractivity contribution in [1.29, 1.82) is 0 Å². The number of nitrogens with one attached hydrogen (secondary N) is 1. The van der Waals surface area contributed by atoms with Gasteiger partial charge in [-0.2, -0.15) is 0 Å². The summed E-state index contributed by atoms with van der Waals surface area (Å²) >= 11 is 1.41. The van der Waals surface area contributed by atoms with Gasteiger partial charge in [-0.05, 0) is 37.0 Å². The third-order valence-corrected chi connectivity index (χ3v) is 5.23. The van der Waals surface area contributed by atoms with Crippen LogP contribution in [0.5, 0.6) is 0 Å². The van der Waals surface area contributed by atoms with Crippen LogP contribution in [-0.4, -0.2) is 23.4 Å². The fourth-order valence-electron chi connectivity index (χ4n) is 2.63. The van der Waals surface area contributed by atoms with Crippen molar-refractivity contribution in [1.82, 2.24) is 5.32 Å². The van der Waals surface area contributed by atoms with E-state index < -0.39 is 4.92 Å². The van der Waals surface area contributed by atoms with E-state index in [4.69, 9.17) is 5.73 Å². The molecule has 3 rings (SSSR count). The summed E-state index contributed by atoms with van der Waals surface area (Å²) in [5.41, 5.74) is 5.96. The first-order valence-electron chi connectivity index (χ1n) is 8.10. The minimum absolute atomic E-state index is 0.0821. The highest BCUT2D eigenvalue weighted by molar-refractivity contribution is 7.99. The molecule has 1 amide bonds. The molecule has 0 bridgehead atoms. The third-order valence-electron chi connectivity index (χ3n) is 4.15. The van der Waals surface area contributed by atoms with Gasteiger partial charge in [0.1, 0.15) is 0 Å². The SMILES string of the molecule is NCC(NC(=O)c1cc([N+](=O)[O-])ccc1Sc1ccccc1)C1CC1. The van der Waals surface area contributed by atoms with Gasteiger partial charge in [-0.15, -0.1) is 0 Å².